The lowest BCUT2D eigenvalue weighted by molar-refractivity contribution is -0.139. The van der Waals surface area contributed by atoms with Gasteiger partial charge in [0, 0.05) is 36.2 Å². The minimum Gasteiger partial charge on any atom is -0.382 e. The molecule has 1 aromatic carbocycles. The number of benzene rings is 1. The number of halogens is 5. The number of rotatable bonds is 10. The van der Waals surface area contributed by atoms with Gasteiger partial charge in [-0.1, -0.05) is 0 Å². The molecule has 1 unspecified atom stereocenters. The van der Waals surface area contributed by atoms with Gasteiger partial charge in [0.2, 0.25) is 5.13 Å². The number of nitrogens with two attached hydrogens (primary N) is 2. The van der Waals surface area contributed by atoms with Gasteiger partial charge in [-0.05, 0) is 25.3 Å². The lowest BCUT2D eigenvalue weighted by Crippen LogP contribution is -2.38. The SMILES string of the molecule is C[C@@H](N)[C@H](CNc1cc(F)c(S(=O)(=O)Nc2ncns2)cc1F)CC(N)CC(F)(F)F. The molecule has 0 spiro atoms. The second-order valence-corrected chi connectivity index (χ2v) is 9.36. The molecular weight excluding hydrogens is 467 g/mol. The van der Waals surface area contributed by atoms with Crippen molar-refractivity contribution < 1.29 is 30.4 Å². The van der Waals surface area contributed by atoms with Crippen LogP contribution < -0.4 is 21.5 Å². The van der Waals surface area contributed by atoms with Crippen molar-refractivity contribution in [3.8, 4) is 0 Å². The summed E-state index contributed by atoms with van der Waals surface area (Å²) in [6.45, 7) is 1.45. The average Bonchev–Trinajstić information content (AvgIpc) is 3.11. The van der Waals surface area contributed by atoms with Gasteiger partial charge >= 0.3 is 6.18 Å². The van der Waals surface area contributed by atoms with Crippen LogP contribution in [0.1, 0.15) is 19.8 Å². The Bertz CT molecular complexity index is 970. The van der Waals surface area contributed by atoms with Crippen LogP contribution in [0, 0.1) is 17.6 Å². The van der Waals surface area contributed by atoms with Crippen molar-refractivity contribution >= 4 is 32.4 Å². The third-order valence-electron chi connectivity index (χ3n) is 4.29. The van der Waals surface area contributed by atoms with Gasteiger partial charge in [-0.25, -0.2) is 22.2 Å². The van der Waals surface area contributed by atoms with Gasteiger partial charge in [0.05, 0.1) is 12.1 Å². The normalized spacial score (nSPS) is 15.4. The summed E-state index contributed by atoms with van der Waals surface area (Å²) < 4.78 is 96.3. The molecule has 2 rings (SSSR count). The van der Waals surface area contributed by atoms with Crippen molar-refractivity contribution in [3.05, 3.63) is 30.1 Å². The van der Waals surface area contributed by atoms with Crippen molar-refractivity contribution in [3.63, 3.8) is 0 Å². The third kappa shape index (κ3) is 7.52. The van der Waals surface area contributed by atoms with Gasteiger partial charge in [0.25, 0.3) is 10.0 Å². The first-order valence-corrected chi connectivity index (χ1v) is 11.1. The summed E-state index contributed by atoms with van der Waals surface area (Å²) in [6.07, 6.45) is -4.66. The van der Waals surface area contributed by atoms with E-state index in [1.165, 1.54) is 0 Å². The second kappa shape index (κ2) is 10.0. The highest BCUT2D eigenvalue weighted by atomic mass is 32.2. The number of aromatic nitrogens is 2. The molecule has 8 nitrogen and oxygen atoms in total. The van der Waals surface area contributed by atoms with E-state index in [1.54, 1.807) is 6.92 Å². The van der Waals surface area contributed by atoms with Crippen LogP contribution in [0.15, 0.2) is 23.4 Å². The van der Waals surface area contributed by atoms with E-state index in [9.17, 15) is 30.4 Å². The molecule has 0 radical (unpaired) electrons. The van der Waals surface area contributed by atoms with E-state index in [1.807, 2.05) is 4.72 Å². The van der Waals surface area contributed by atoms with Gasteiger partial charge in [-0.3, -0.25) is 4.72 Å². The van der Waals surface area contributed by atoms with Crippen molar-refractivity contribution in [1.82, 2.24) is 9.36 Å². The van der Waals surface area contributed by atoms with Gasteiger partial charge in [-0.2, -0.15) is 17.5 Å². The fourth-order valence-electron chi connectivity index (χ4n) is 2.75. The smallest absolute Gasteiger partial charge is 0.382 e. The first kappa shape index (κ1) is 25.2. The Balaban J connectivity index is 2.12. The number of hydrogen-bond acceptors (Lipinski definition) is 8. The number of anilines is 2. The highest BCUT2D eigenvalue weighted by molar-refractivity contribution is 7.93. The first-order valence-electron chi connectivity index (χ1n) is 8.89. The molecule has 0 fully saturated rings. The fraction of sp³-hybridized carbons (Fsp3) is 0.500. The van der Waals surface area contributed by atoms with Crippen LogP contribution in [-0.4, -0.2) is 42.6 Å². The highest BCUT2D eigenvalue weighted by Gasteiger charge is 2.32. The lowest BCUT2D eigenvalue weighted by atomic mass is 9.92. The monoisotopic (exact) mass is 488 g/mol. The van der Waals surface area contributed by atoms with Gasteiger partial charge < -0.3 is 16.8 Å². The number of sulfonamides is 1. The van der Waals surface area contributed by atoms with Crippen molar-refractivity contribution in [1.29, 1.82) is 0 Å². The summed E-state index contributed by atoms with van der Waals surface area (Å²) >= 11 is 0.707. The number of nitrogens with one attached hydrogen (secondary N) is 2. The standard InChI is InChI=1S/C16H21F5N6O2S2/c1-8(22)9(2-10(23)5-16(19,20)21)6-24-13-3-12(18)14(4-11(13)17)31(28,29)27-15-25-7-26-30-15/h3-4,7-10,24H,2,5-6,22-23H2,1H3,(H,25,26,27)/t8-,9+,10?/m1/s1. The Morgan fingerprint density at radius 1 is 1.19 bits per heavy atom. The van der Waals surface area contributed by atoms with E-state index in [2.05, 4.69) is 14.7 Å². The summed E-state index contributed by atoms with van der Waals surface area (Å²) in [6, 6.07) is -0.677. The molecule has 1 heterocycles. The maximum absolute atomic E-state index is 14.4. The molecule has 1 aromatic heterocycles. The molecule has 0 aliphatic carbocycles. The topological polar surface area (TPSA) is 136 Å². The summed E-state index contributed by atoms with van der Waals surface area (Å²) in [5.74, 6) is -2.91. The Kier molecular flexibility index (Phi) is 8.13. The average molecular weight is 489 g/mol. The maximum Gasteiger partial charge on any atom is 0.390 e. The zero-order valence-electron chi connectivity index (χ0n) is 16.2. The number of nitrogens with zero attached hydrogens (tertiary/aromatic N) is 2. The largest absolute Gasteiger partial charge is 0.390 e. The van der Waals surface area contributed by atoms with Crippen LogP contribution in [-0.2, 0) is 10.0 Å². The molecule has 0 saturated heterocycles. The quantitative estimate of drug-likeness (QED) is 0.378. The summed E-state index contributed by atoms with van der Waals surface area (Å²) in [5.41, 5.74) is 10.9. The van der Waals surface area contributed by atoms with Crippen LogP contribution in [0.5, 0.6) is 0 Å². The van der Waals surface area contributed by atoms with Gasteiger partial charge in [0.15, 0.2) is 0 Å². The third-order valence-corrected chi connectivity index (χ3v) is 6.35. The first-order chi connectivity index (χ1) is 14.3. The Hall–Kier alpha value is -2.10. The maximum atomic E-state index is 14.4. The zero-order chi connectivity index (χ0) is 23.4. The van der Waals surface area contributed by atoms with Crippen LogP contribution in [0.4, 0.5) is 32.8 Å². The van der Waals surface area contributed by atoms with E-state index in [4.69, 9.17) is 11.5 Å². The fourth-order valence-corrected chi connectivity index (χ4v) is 4.49. The van der Waals surface area contributed by atoms with E-state index < -0.39 is 57.2 Å². The lowest BCUT2D eigenvalue weighted by Gasteiger charge is -2.25. The molecule has 3 atom stereocenters. The van der Waals surface area contributed by atoms with Crippen molar-refractivity contribution in [2.24, 2.45) is 17.4 Å². The highest BCUT2D eigenvalue weighted by Crippen LogP contribution is 2.27. The Morgan fingerprint density at radius 2 is 1.87 bits per heavy atom. The second-order valence-electron chi connectivity index (χ2n) is 6.93. The van der Waals surface area contributed by atoms with Crippen LogP contribution >= 0.6 is 11.5 Å². The van der Waals surface area contributed by atoms with Crippen LogP contribution in [0.25, 0.3) is 0 Å². The number of alkyl halides is 3. The number of hydrogen-bond donors (Lipinski definition) is 4. The molecule has 15 heteroatoms. The summed E-state index contributed by atoms with van der Waals surface area (Å²) in [7, 11) is -4.46. The zero-order valence-corrected chi connectivity index (χ0v) is 17.8. The van der Waals surface area contributed by atoms with Crippen LogP contribution in [0.3, 0.4) is 0 Å². The molecule has 0 saturated carbocycles. The molecule has 174 valence electrons. The van der Waals surface area contributed by atoms with E-state index in [-0.39, 0.29) is 23.8 Å². The Labute approximate surface area is 179 Å². The van der Waals surface area contributed by atoms with E-state index in [0.29, 0.717) is 23.7 Å². The molecule has 0 bridgehead atoms. The molecule has 0 aliphatic rings. The predicted molar refractivity (Wildman–Crippen MR) is 106 cm³/mol. The minimum absolute atomic E-state index is 0.102. The summed E-state index contributed by atoms with van der Waals surface area (Å²) in [4.78, 5) is 2.66. The molecule has 0 amide bonds. The molecular formula is C16H21F5N6O2S2. The summed E-state index contributed by atoms with van der Waals surface area (Å²) in [5, 5.41) is 2.43. The van der Waals surface area contributed by atoms with E-state index in [0.717, 1.165) is 6.33 Å². The van der Waals surface area contributed by atoms with Gasteiger partial charge in [-0.15, -0.1) is 0 Å². The molecule has 0 aliphatic heterocycles. The van der Waals surface area contributed by atoms with Crippen molar-refractivity contribution in [2.45, 2.75) is 42.9 Å². The van der Waals surface area contributed by atoms with Crippen LogP contribution in [0.2, 0.25) is 0 Å². The van der Waals surface area contributed by atoms with Gasteiger partial charge in [0.1, 0.15) is 22.9 Å². The molecule has 6 N–H and O–H groups in total. The minimum atomic E-state index is -4.46. The van der Waals surface area contributed by atoms with E-state index >= 15 is 0 Å². The predicted octanol–water partition coefficient (Wildman–Crippen LogP) is 2.66. The molecule has 31 heavy (non-hydrogen) atoms. The van der Waals surface area contributed by atoms with Crippen molar-refractivity contribution in [2.75, 3.05) is 16.6 Å². The molecule has 2 aromatic rings. The Morgan fingerprint density at radius 3 is 2.42 bits per heavy atom.